The van der Waals surface area contributed by atoms with E-state index in [0.717, 1.165) is 58.0 Å². The summed E-state index contributed by atoms with van der Waals surface area (Å²) in [6.45, 7) is 12.7. The molecule has 5 aliphatic rings. The molecule has 6 nitrogen and oxygen atoms in total. The molecule has 0 radical (unpaired) electrons. The van der Waals surface area contributed by atoms with Gasteiger partial charge in [0.1, 0.15) is 17.2 Å². The molecule has 0 bridgehead atoms. The maximum Gasteiger partial charge on any atom is 0.306 e. The lowest BCUT2D eigenvalue weighted by Gasteiger charge is -2.59. The van der Waals surface area contributed by atoms with Crippen LogP contribution < -0.4 is 5.32 Å². The normalized spacial score (nSPS) is 42.7. The number of ketones is 2. The Balaban J connectivity index is 1.25. The standard InChI is InChI=1S/C32H51NO5/c1-19(6-9-28(37)38-30(2,3)20-11-14-33-15-12-20)23-7-8-24-29-25(18-27(36)32(23,24)5)31(4)13-10-22(34)16-21(31)17-26(29)35/h19-25,29,33-34H,6-18H2,1-5H3/t19-,21+,22?,23-,24+,25+,29+,31+,32-/m1/s1. The molecule has 2 N–H and O–H groups in total. The second-order valence-electron chi connectivity index (χ2n) is 14.8. The Kier molecular flexibility index (Phi) is 7.65. The van der Waals surface area contributed by atoms with Crippen molar-refractivity contribution in [1.82, 2.24) is 5.32 Å². The maximum absolute atomic E-state index is 14.0. The van der Waals surface area contributed by atoms with Crippen molar-refractivity contribution < 1.29 is 24.2 Å². The minimum absolute atomic E-state index is 0.0243. The molecule has 5 fully saturated rings. The zero-order valence-electron chi connectivity index (χ0n) is 24.4. The van der Waals surface area contributed by atoms with Crippen molar-refractivity contribution in [2.24, 2.45) is 52.3 Å². The highest BCUT2D eigenvalue weighted by molar-refractivity contribution is 5.92. The lowest BCUT2D eigenvalue weighted by molar-refractivity contribution is -0.168. The quantitative estimate of drug-likeness (QED) is 0.465. The number of nitrogens with one attached hydrogen (secondary N) is 1. The van der Waals surface area contributed by atoms with E-state index in [1.165, 1.54) is 0 Å². The highest BCUT2D eigenvalue weighted by atomic mass is 16.6. The number of aliphatic hydroxyl groups is 1. The summed E-state index contributed by atoms with van der Waals surface area (Å²) in [5.41, 5.74) is -0.957. The molecular formula is C32H51NO5. The van der Waals surface area contributed by atoms with Gasteiger partial charge >= 0.3 is 5.97 Å². The predicted molar refractivity (Wildman–Crippen MR) is 146 cm³/mol. The van der Waals surface area contributed by atoms with E-state index in [2.05, 4.69) is 26.1 Å². The van der Waals surface area contributed by atoms with E-state index < -0.39 is 11.0 Å². The average Bonchev–Trinajstić information content (AvgIpc) is 3.23. The molecule has 4 aliphatic carbocycles. The second kappa shape index (κ2) is 10.3. The highest BCUT2D eigenvalue weighted by Crippen LogP contribution is 2.66. The van der Waals surface area contributed by atoms with Crippen LogP contribution in [-0.2, 0) is 19.1 Å². The molecule has 5 rings (SSSR count). The molecule has 0 aromatic carbocycles. The van der Waals surface area contributed by atoms with Crippen molar-refractivity contribution in [3.8, 4) is 0 Å². The number of piperidine rings is 1. The molecule has 0 spiro atoms. The number of hydrogen-bond acceptors (Lipinski definition) is 6. The molecule has 4 saturated carbocycles. The Labute approximate surface area is 229 Å². The largest absolute Gasteiger partial charge is 0.459 e. The van der Waals surface area contributed by atoms with Gasteiger partial charge in [0.25, 0.3) is 0 Å². The predicted octanol–water partition coefficient (Wildman–Crippen LogP) is 5.10. The Hall–Kier alpha value is -1.27. The van der Waals surface area contributed by atoms with Gasteiger partial charge in [-0.2, -0.15) is 0 Å². The van der Waals surface area contributed by atoms with Crippen LogP contribution in [0.15, 0.2) is 0 Å². The van der Waals surface area contributed by atoms with Gasteiger partial charge in [-0.05, 0) is 113 Å². The van der Waals surface area contributed by atoms with E-state index in [4.69, 9.17) is 4.74 Å². The number of rotatable bonds is 6. The lowest BCUT2D eigenvalue weighted by atomic mass is 9.43. The molecule has 1 saturated heterocycles. The van der Waals surface area contributed by atoms with E-state index in [1.807, 2.05) is 13.8 Å². The SMILES string of the molecule is C[C@H](CCC(=O)OC(C)(C)C1CCNCC1)[C@H]1CC[C@H]2[C@@H]3C(=O)C[C@@H]4CC(O)CC[C@]4(C)[C@H]3CC(=O)[C@]12C. The van der Waals surface area contributed by atoms with Gasteiger partial charge in [0.15, 0.2) is 0 Å². The van der Waals surface area contributed by atoms with Gasteiger partial charge in [0, 0.05) is 36.5 Å². The zero-order valence-corrected chi connectivity index (χ0v) is 24.4. The molecule has 1 heterocycles. The summed E-state index contributed by atoms with van der Waals surface area (Å²) in [5.74, 6) is 1.78. The van der Waals surface area contributed by atoms with Crippen LogP contribution in [0.1, 0.15) is 105 Å². The van der Waals surface area contributed by atoms with Crippen LogP contribution in [0.25, 0.3) is 0 Å². The molecule has 1 aliphatic heterocycles. The number of carbonyl (C=O) groups is 3. The smallest absolute Gasteiger partial charge is 0.306 e. The first-order valence-electron chi connectivity index (χ1n) is 15.5. The molecule has 6 heteroatoms. The Bertz CT molecular complexity index is 940. The number of aliphatic hydroxyl groups excluding tert-OH is 1. The fourth-order valence-electron chi connectivity index (χ4n) is 10.1. The van der Waals surface area contributed by atoms with Gasteiger partial charge in [-0.25, -0.2) is 0 Å². The summed E-state index contributed by atoms with van der Waals surface area (Å²) < 4.78 is 6.00. The van der Waals surface area contributed by atoms with Crippen LogP contribution in [0.4, 0.5) is 0 Å². The fraction of sp³-hybridized carbons (Fsp3) is 0.906. The molecule has 0 amide bonds. The van der Waals surface area contributed by atoms with E-state index in [-0.39, 0.29) is 53.0 Å². The molecule has 0 aromatic heterocycles. The first kappa shape index (κ1) is 28.3. The van der Waals surface area contributed by atoms with E-state index in [9.17, 15) is 19.5 Å². The lowest BCUT2D eigenvalue weighted by Crippen LogP contribution is -2.60. The minimum Gasteiger partial charge on any atom is -0.459 e. The first-order valence-corrected chi connectivity index (χ1v) is 15.5. The van der Waals surface area contributed by atoms with Crippen LogP contribution in [0.3, 0.4) is 0 Å². The summed E-state index contributed by atoms with van der Waals surface area (Å²) >= 11 is 0. The van der Waals surface area contributed by atoms with Crippen LogP contribution in [0.2, 0.25) is 0 Å². The minimum atomic E-state index is -0.480. The molecule has 0 aromatic rings. The van der Waals surface area contributed by atoms with Gasteiger partial charge < -0.3 is 15.2 Å². The number of esters is 1. The van der Waals surface area contributed by atoms with Gasteiger partial charge in [-0.1, -0.05) is 20.8 Å². The van der Waals surface area contributed by atoms with Crippen LogP contribution in [-0.4, -0.2) is 47.4 Å². The molecule has 1 unspecified atom stereocenters. The molecule has 214 valence electrons. The first-order chi connectivity index (χ1) is 17.9. The summed E-state index contributed by atoms with van der Waals surface area (Å²) in [7, 11) is 0. The van der Waals surface area contributed by atoms with E-state index in [0.29, 0.717) is 43.2 Å². The van der Waals surface area contributed by atoms with Crippen LogP contribution in [0, 0.1) is 52.3 Å². The zero-order chi connectivity index (χ0) is 27.5. The van der Waals surface area contributed by atoms with Gasteiger partial charge in [-0.15, -0.1) is 0 Å². The Morgan fingerprint density at radius 2 is 1.79 bits per heavy atom. The van der Waals surface area contributed by atoms with Gasteiger partial charge in [0.2, 0.25) is 0 Å². The van der Waals surface area contributed by atoms with Gasteiger partial charge in [0.05, 0.1) is 6.10 Å². The molecule has 9 atom stereocenters. The van der Waals surface area contributed by atoms with Crippen molar-refractivity contribution in [1.29, 1.82) is 0 Å². The topological polar surface area (TPSA) is 92.7 Å². The summed E-state index contributed by atoms with van der Waals surface area (Å²) in [6, 6.07) is 0. The monoisotopic (exact) mass is 529 g/mol. The highest BCUT2D eigenvalue weighted by Gasteiger charge is 2.66. The van der Waals surface area contributed by atoms with E-state index in [1.54, 1.807) is 0 Å². The third-order valence-corrected chi connectivity index (χ3v) is 12.6. The van der Waals surface area contributed by atoms with Gasteiger partial charge in [-0.3, -0.25) is 14.4 Å². The third-order valence-electron chi connectivity index (χ3n) is 12.6. The van der Waals surface area contributed by atoms with Crippen molar-refractivity contribution in [2.75, 3.05) is 13.1 Å². The maximum atomic E-state index is 14.0. The average molecular weight is 530 g/mol. The van der Waals surface area contributed by atoms with E-state index >= 15 is 0 Å². The molecule has 38 heavy (non-hydrogen) atoms. The van der Waals surface area contributed by atoms with Crippen LogP contribution in [0.5, 0.6) is 0 Å². The summed E-state index contributed by atoms with van der Waals surface area (Å²) in [4.78, 5) is 40.5. The van der Waals surface area contributed by atoms with Crippen molar-refractivity contribution in [3.63, 3.8) is 0 Å². The van der Waals surface area contributed by atoms with Crippen LogP contribution >= 0.6 is 0 Å². The number of fused-ring (bicyclic) bond motifs is 5. The van der Waals surface area contributed by atoms with Crippen molar-refractivity contribution in [3.05, 3.63) is 0 Å². The van der Waals surface area contributed by atoms with Crippen molar-refractivity contribution in [2.45, 2.75) is 117 Å². The van der Waals surface area contributed by atoms with Crippen molar-refractivity contribution >= 4 is 17.5 Å². The number of Topliss-reactive ketones (excluding diaryl/α,β-unsaturated/α-hetero) is 2. The number of carbonyl (C=O) groups excluding carboxylic acids is 3. The summed E-state index contributed by atoms with van der Waals surface area (Å²) in [5, 5.41) is 13.7. The number of hydrogen-bond donors (Lipinski definition) is 2. The Morgan fingerprint density at radius 3 is 2.50 bits per heavy atom. The second-order valence-corrected chi connectivity index (χ2v) is 14.8. The fourth-order valence-corrected chi connectivity index (χ4v) is 10.1. The molecular weight excluding hydrogens is 478 g/mol. The Morgan fingerprint density at radius 1 is 1.08 bits per heavy atom. The number of ether oxygens (including phenoxy) is 1. The third kappa shape index (κ3) is 4.70. The summed E-state index contributed by atoms with van der Waals surface area (Å²) in [6.07, 6.45) is 8.21.